The molecule has 1 aromatic carbocycles. The van der Waals surface area contributed by atoms with Crippen molar-refractivity contribution in [3.63, 3.8) is 0 Å². The molecule has 0 aliphatic heterocycles. The standard InChI is InChI=1S/C18H21N3O/c1-11-16(10-19-21(11)2)18(22)20-17-6-4-3-5-13(17)15-9-14(15)12-7-8-12/h3-6,10,12,14-15H,7-9H2,1-2H3,(H,20,22). The first-order valence-corrected chi connectivity index (χ1v) is 8.04. The van der Waals surface area contributed by atoms with Crippen LogP contribution in [0.1, 0.15) is 46.8 Å². The summed E-state index contributed by atoms with van der Waals surface area (Å²) in [6, 6.07) is 8.24. The van der Waals surface area contributed by atoms with E-state index in [2.05, 4.69) is 22.5 Å². The van der Waals surface area contributed by atoms with Crippen molar-refractivity contribution in [2.45, 2.75) is 32.1 Å². The Hall–Kier alpha value is -2.10. The van der Waals surface area contributed by atoms with E-state index in [9.17, 15) is 4.79 Å². The van der Waals surface area contributed by atoms with Gasteiger partial charge in [0.25, 0.3) is 5.91 Å². The fourth-order valence-electron chi connectivity index (χ4n) is 3.46. The quantitative estimate of drug-likeness (QED) is 0.938. The van der Waals surface area contributed by atoms with E-state index in [4.69, 9.17) is 0 Å². The Bertz CT molecular complexity index is 730. The Kier molecular flexibility index (Phi) is 3.06. The van der Waals surface area contributed by atoms with Gasteiger partial charge in [0.15, 0.2) is 0 Å². The summed E-state index contributed by atoms with van der Waals surface area (Å²) < 4.78 is 1.73. The second kappa shape index (κ2) is 4.97. The lowest BCUT2D eigenvalue weighted by Crippen LogP contribution is -2.14. The van der Waals surface area contributed by atoms with Crippen LogP contribution in [0.5, 0.6) is 0 Å². The van der Waals surface area contributed by atoms with Gasteiger partial charge >= 0.3 is 0 Å². The predicted octanol–water partition coefficient (Wildman–Crippen LogP) is 3.49. The van der Waals surface area contributed by atoms with E-state index in [1.807, 2.05) is 26.1 Å². The van der Waals surface area contributed by atoms with Gasteiger partial charge in [-0.3, -0.25) is 9.48 Å². The number of amides is 1. The fraction of sp³-hybridized carbons (Fsp3) is 0.444. The molecule has 1 heterocycles. The summed E-state index contributed by atoms with van der Waals surface area (Å²) in [7, 11) is 1.85. The van der Waals surface area contributed by atoms with E-state index in [1.165, 1.54) is 24.8 Å². The fourth-order valence-corrected chi connectivity index (χ4v) is 3.46. The number of rotatable bonds is 4. The lowest BCUT2D eigenvalue weighted by molar-refractivity contribution is 0.102. The second-order valence-corrected chi connectivity index (χ2v) is 6.65. The first-order chi connectivity index (χ1) is 10.6. The number of hydrogen-bond donors (Lipinski definition) is 1. The number of aromatic nitrogens is 2. The highest BCUT2D eigenvalue weighted by atomic mass is 16.1. The SMILES string of the molecule is Cc1c(C(=O)Nc2ccccc2C2CC2C2CC2)cnn1C. The van der Waals surface area contributed by atoms with Crippen molar-refractivity contribution in [3.8, 4) is 0 Å². The molecule has 1 amide bonds. The van der Waals surface area contributed by atoms with Crippen LogP contribution in [0, 0.1) is 18.8 Å². The van der Waals surface area contributed by atoms with E-state index in [0.717, 1.165) is 23.2 Å². The number of carbonyl (C=O) groups excluding carboxylic acids is 1. The molecule has 1 aromatic heterocycles. The Morgan fingerprint density at radius 1 is 1.32 bits per heavy atom. The van der Waals surface area contributed by atoms with E-state index >= 15 is 0 Å². The third kappa shape index (κ3) is 2.32. The predicted molar refractivity (Wildman–Crippen MR) is 85.9 cm³/mol. The van der Waals surface area contributed by atoms with Crippen LogP contribution in [0.25, 0.3) is 0 Å². The Morgan fingerprint density at radius 3 is 2.77 bits per heavy atom. The van der Waals surface area contributed by atoms with Crippen LogP contribution in [0.3, 0.4) is 0 Å². The van der Waals surface area contributed by atoms with E-state index in [-0.39, 0.29) is 5.91 Å². The van der Waals surface area contributed by atoms with E-state index < -0.39 is 0 Å². The lowest BCUT2D eigenvalue weighted by Gasteiger charge is -2.11. The van der Waals surface area contributed by atoms with Crippen molar-refractivity contribution in [2.24, 2.45) is 18.9 Å². The number of nitrogens with zero attached hydrogens (tertiary/aromatic N) is 2. The molecule has 114 valence electrons. The summed E-state index contributed by atoms with van der Waals surface area (Å²) >= 11 is 0. The van der Waals surface area contributed by atoms with Gasteiger partial charge in [0.1, 0.15) is 0 Å². The normalized spacial score (nSPS) is 23.4. The van der Waals surface area contributed by atoms with Gasteiger partial charge in [-0.05, 0) is 55.6 Å². The van der Waals surface area contributed by atoms with Crippen LogP contribution in [0.4, 0.5) is 5.69 Å². The average molecular weight is 295 g/mol. The zero-order chi connectivity index (χ0) is 15.3. The van der Waals surface area contributed by atoms with Crippen molar-refractivity contribution in [1.82, 2.24) is 9.78 Å². The highest BCUT2D eigenvalue weighted by Crippen LogP contribution is 2.60. The molecular formula is C18H21N3O. The first-order valence-electron chi connectivity index (χ1n) is 8.04. The monoisotopic (exact) mass is 295 g/mol. The van der Waals surface area contributed by atoms with Crippen molar-refractivity contribution in [1.29, 1.82) is 0 Å². The number of benzene rings is 1. The maximum Gasteiger partial charge on any atom is 0.259 e. The molecule has 2 saturated carbocycles. The topological polar surface area (TPSA) is 46.9 Å². The molecule has 2 fully saturated rings. The molecule has 0 saturated heterocycles. The van der Waals surface area contributed by atoms with Crippen LogP contribution >= 0.6 is 0 Å². The number of hydrogen-bond acceptors (Lipinski definition) is 2. The highest BCUT2D eigenvalue weighted by Gasteiger charge is 2.48. The molecule has 2 aromatic rings. The van der Waals surface area contributed by atoms with Crippen molar-refractivity contribution >= 4 is 11.6 Å². The van der Waals surface area contributed by atoms with Crippen molar-refractivity contribution in [3.05, 3.63) is 47.3 Å². The minimum atomic E-state index is -0.0679. The molecule has 4 nitrogen and oxygen atoms in total. The Labute approximate surface area is 130 Å². The van der Waals surface area contributed by atoms with Crippen LogP contribution in [0.2, 0.25) is 0 Å². The van der Waals surface area contributed by atoms with Gasteiger partial charge in [0.2, 0.25) is 0 Å². The van der Waals surface area contributed by atoms with Gasteiger partial charge in [-0.1, -0.05) is 18.2 Å². The van der Waals surface area contributed by atoms with Crippen molar-refractivity contribution in [2.75, 3.05) is 5.32 Å². The summed E-state index contributed by atoms with van der Waals surface area (Å²) in [6.07, 6.45) is 5.70. The lowest BCUT2D eigenvalue weighted by atomic mass is 10.0. The summed E-state index contributed by atoms with van der Waals surface area (Å²) in [4.78, 5) is 12.5. The molecule has 0 bridgehead atoms. The molecule has 22 heavy (non-hydrogen) atoms. The van der Waals surface area contributed by atoms with Gasteiger partial charge in [-0.2, -0.15) is 5.10 Å². The van der Waals surface area contributed by atoms with Crippen LogP contribution < -0.4 is 5.32 Å². The third-order valence-corrected chi connectivity index (χ3v) is 5.16. The van der Waals surface area contributed by atoms with Gasteiger partial charge < -0.3 is 5.32 Å². The molecule has 2 aliphatic rings. The average Bonchev–Trinajstić information content (AvgIpc) is 3.39. The largest absolute Gasteiger partial charge is 0.322 e. The number of anilines is 1. The van der Waals surface area contributed by atoms with Crippen molar-refractivity contribution < 1.29 is 4.79 Å². The van der Waals surface area contributed by atoms with Crippen LogP contribution in [-0.4, -0.2) is 15.7 Å². The minimum absolute atomic E-state index is 0.0679. The smallest absolute Gasteiger partial charge is 0.259 e. The number of carbonyl (C=O) groups is 1. The van der Waals surface area contributed by atoms with Crippen LogP contribution in [-0.2, 0) is 7.05 Å². The third-order valence-electron chi connectivity index (χ3n) is 5.16. The van der Waals surface area contributed by atoms with E-state index in [1.54, 1.807) is 10.9 Å². The highest BCUT2D eigenvalue weighted by molar-refractivity contribution is 6.05. The molecule has 4 heteroatoms. The molecule has 4 rings (SSSR count). The molecule has 2 aliphatic carbocycles. The molecule has 2 atom stereocenters. The van der Waals surface area contributed by atoms with Gasteiger partial charge in [-0.15, -0.1) is 0 Å². The summed E-state index contributed by atoms with van der Waals surface area (Å²) in [5.41, 5.74) is 3.79. The molecular weight excluding hydrogens is 274 g/mol. The Balaban J connectivity index is 1.55. The maximum atomic E-state index is 12.5. The zero-order valence-electron chi connectivity index (χ0n) is 13.0. The van der Waals surface area contributed by atoms with Gasteiger partial charge in [0, 0.05) is 18.4 Å². The molecule has 0 spiro atoms. The minimum Gasteiger partial charge on any atom is -0.322 e. The number of aryl methyl sites for hydroxylation is 1. The van der Waals surface area contributed by atoms with E-state index in [0.29, 0.717) is 11.5 Å². The summed E-state index contributed by atoms with van der Waals surface area (Å²) in [5.74, 6) is 2.35. The maximum absolute atomic E-state index is 12.5. The summed E-state index contributed by atoms with van der Waals surface area (Å²) in [6.45, 7) is 1.91. The molecule has 1 N–H and O–H groups in total. The van der Waals surface area contributed by atoms with Crippen LogP contribution in [0.15, 0.2) is 30.5 Å². The number of nitrogens with one attached hydrogen (secondary N) is 1. The zero-order valence-corrected chi connectivity index (χ0v) is 13.0. The first kappa shape index (κ1) is 13.6. The molecule has 2 unspecified atom stereocenters. The summed E-state index contributed by atoms with van der Waals surface area (Å²) in [5, 5.41) is 7.24. The second-order valence-electron chi connectivity index (χ2n) is 6.65. The Morgan fingerprint density at radius 2 is 2.09 bits per heavy atom. The van der Waals surface area contributed by atoms with Gasteiger partial charge in [0.05, 0.1) is 11.8 Å². The van der Waals surface area contributed by atoms with Gasteiger partial charge in [-0.25, -0.2) is 0 Å². The molecule has 0 radical (unpaired) electrons. The number of para-hydroxylation sites is 1.